The van der Waals surface area contributed by atoms with Crippen LogP contribution < -0.4 is 5.73 Å². The molecular weight excluding hydrogens is 461 g/mol. The molecular formula is C24H48NO8P. The van der Waals surface area contributed by atoms with Gasteiger partial charge in [0.25, 0.3) is 0 Å². The first-order valence-electron chi connectivity index (χ1n) is 13.0. The molecule has 2 atom stereocenters. The molecule has 2 unspecified atom stereocenters. The van der Waals surface area contributed by atoms with Crippen molar-refractivity contribution < 1.29 is 37.6 Å². The summed E-state index contributed by atoms with van der Waals surface area (Å²) in [5.74, 6) is -0.927. The van der Waals surface area contributed by atoms with Crippen LogP contribution in [0, 0.1) is 0 Å². The van der Waals surface area contributed by atoms with E-state index in [0.29, 0.717) is 6.42 Å². The molecule has 0 aliphatic heterocycles. The van der Waals surface area contributed by atoms with Gasteiger partial charge in [-0.25, -0.2) is 4.57 Å². The van der Waals surface area contributed by atoms with Gasteiger partial charge in [-0.1, -0.05) is 90.9 Å². The first-order chi connectivity index (χ1) is 16.3. The zero-order valence-corrected chi connectivity index (χ0v) is 22.2. The van der Waals surface area contributed by atoms with Gasteiger partial charge in [0.1, 0.15) is 6.61 Å². The van der Waals surface area contributed by atoms with E-state index in [9.17, 15) is 19.0 Å². The van der Waals surface area contributed by atoms with Crippen LogP contribution in [0.15, 0.2) is 0 Å². The summed E-state index contributed by atoms with van der Waals surface area (Å²) in [5, 5.41) is 0. The van der Waals surface area contributed by atoms with Gasteiger partial charge >= 0.3 is 19.8 Å². The molecule has 202 valence electrons. The molecule has 0 aromatic carbocycles. The van der Waals surface area contributed by atoms with Crippen LogP contribution in [-0.2, 0) is 32.7 Å². The Morgan fingerprint density at radius 1 is 0.794 bits per heavy atom. The zero-order chi connectivity index (χ0) is 25.5. The maximum Gasteiger partial charge on any atom is 0.472 e. The molecule has 0 aliphatic rings. The molecule has 0 bridgehead atoms. The quantitative estimate of drug-likeness (QED) is 0.0992. The predicted octanol–water partition coefficient (Wildman–Crippen LogP) is 5.43. The molecule has 0 rings (SSSR count). The lowest BCUT2D eigenvalue weighted by molar-refractivity contribution is -0.161. The number of carbonyl (C=O) groups is 2. The number of hydrogen-bond donors (Lipinski definition) is 2. The molecule has 0 radical (unpaired) electrons. The first-order valence-corrected chi connectivity index (χ1v) is 14.5. The largest absolute Gasteiger partial charge is 0.472 e. The molecule has 0 spiro atoms. The molecule has 0 amide bonds. The average molecular weight is 510 g/mol. The number of unbranched alkanes of at least 4 members (excludes halogenated alkanes) is 12. The molecule has 0 aromatic heterocycles. The Labute approximate surface area is 206 Å². The Kier molecular flexibility index (Phi) is 21.8. The minimum Gasteiger partial charge on any atom is -0.462 e. The van der Waals surface area contributed by atoms with Crippen LogP contribution in [0.2, 0.25) is 0 Å². The highest BCUT2D eigenvalue weighted by Gasteiger charge is 2.25. The highest BCUT2D eigenvalue weighted by atomic mass is 31.2. The summed E-state index contributed by atoms with van der Waals surface area (Å²) < 4.78 is 31.6. The molecule has 0 aromatic rings. The number of phosphoric ester groups is 1. The summed E-state index contributed by atoms with van der Waals surface area (Å²) in [6, 6.07) is 0. The van der Waals surface area contributed by atoms with Gasteiger partial charge in [-0.2, -0.15) is 0 Å². The van der Waals surface area contributed by atoms with Crippen LogP contribution in [0.3, 0.4) is 0 Å². The Morgan fingerprint density at radius 3 is 1.82 bits per heavy atom. The average Bonchev–Trinajstić information content (AvgIpc) is 2.82. The van der Waals surface area contributed by atoms with Crippen molar-refractivity contribution in [2.75, 3.05) is 26.4 Å². The second kappa shape index (κ2) is 22.5. The molecule has 0 fully saturated rings. The number of hydrogen-bond acceptors (Lipinski definition) is 8. The van der Waals surface area contributed by atoms with Crippen molar-refractivity contribution in [2.24, 2.45) is 5.73 Å². The van der Waals surface area contributed by atoms with Gasteiger partial charge in [0.2, 0.25) is 0 Å². The minimum absolute atomic E-state index is 0.0551. The lowest BCUT2D eigenvalue weighted by Crippen LogP contribution is -2.29. The summed E-state index contributed by atoms with van der Waals surface area (Å²) in [6.45, 7) is 3.09. The van der Waals surface area contributed by atoms with Crippen molar-refractivity contribution in [3.63, 3.8) is 0 Å². The first kappa shape index (κ1) is 33.0. The smallest absolute Gasteiger partial charge is 0.462 e. The van der Waals surface area contributed by atoms with Gasteiger partial charge in [-0.05, 0) is 6.42 Å². The minimum atomic E-state index is -4.32. The van der Waals surface area contributed by atoms with Crippen LogP contribution in [0.25, 0.3) is 0 Å². The van der Waals surface area contributed by atoms with E-state index in [0.717, 1.165) is 12.8 Å². The van der Waals surface area contributed by atoms with E-state index in [4.69, 9.17) is 19.7 Å². The molecule has 0 aliphatic carbocycles. The molecule has 0 heterocycles. The highest BCUT2D eigenvalue weighted by molar-refractivity contribution is 7.47. The third-order valence-electron chi connectivity index (χ3n) is 5.30. The summed E-state index contributed by atoms with van der Waals surface area (Å²) in [7, 11) is -4.32. The SMILES string of the molecule is CCCCCCCCCCCCCCCC(=O)OC(COC(=O)CC)COP(=O)(O)OCCN. The molecule has 3 N–H and O–H groups in total. The Hall–Kier alpha value is -0.990. The van der Waals surface area contributed by atoms with Gasteiger partial charge in [0, 0.05) is 19.4 Å². The lowest BCUT2D eigenvalue weighted by atomic mass is 10.0. The van der Waals surface area contributed by atoms with Gasteiger partial charge in [-0.3, -0.25) is 18.6 Å². The van der Waals surface area contributed by atoms with E-state index < -0.39 is 32.5 Å². The molecule has 0 saturated heterocycles. The summed E-state index contributed by atoms with van der Waals surface area (Å²) in [4.78, 5) is 33.2. The fourth-order valence-electron chi connectivity index (χ4n) is 3.32. The molecule has 0 saturated carbocycles. The van der Waals surface area contributed by atoms with E-state index in [2.05, 4.69) is 11.4 Å². The van der Waals surface area contributed by atoms with Gasteiger partial charge in [-0.15, -0.1) is 0 Å². The number of nitrogens with two attached hydrogens (primary N) is 1. The van der Waals surface area contributed by atoms with E-state index in [1.54, 1.807) is 6.92 Å². The second-order valence-electron chi connectivity index (χ2n) is 8.53. The van der Waals surface area contributed by atoms with Crippen molar-refractivity contribution in [3.05, 3.63) is 0 Å². The van der Waals surface area contributed by atoms with E-state index >= 15 is 0 Å². The van der Waals surface area contributed by atoms with Crippen molar-refractivity contribution in [1.82, 2.24) is 0 Å². The Balaban J connectivity index is 4.02. The van der Waals surface area contributed by atoms with E-state index in [1.807, 2.05) is 0 Å². The van der Waals surface area contributed by atoms with Crippen molar-refractivity contribution in [1.29, 1.82) is 0 Å². The van der Waals surface area contributed by atoms with Crippen LogP contribution in [0.4, 0.5) is 0 Å². The van der Waals surface area contributed by atoms with Crippen LogP contribution in [-0.4, -0.2) is 49.3 Å². The summed E-state index contributed by atoms with van der Waals surface area (Å²) in [6.07, 6.45) is 15.2. The normalized spacial score (nSPS) is 13.9. The Bertz CT molecular complexity index is 561. The van der Waals surface area contributed by atoms with Crippen molar-refractivity contribution in [3.8, 4) is 0 Å². The predicted molar refractivity (Wildman–Crippen MR) is 132 cm³/mol. The standard InChI is InChI=1S/C24H48NO8P/c1-3-5-6-7-8-9-10-11-12-13-14-15-16-17-24(27)33-22(20-30-23(26)4-2)21-32-34(28,29)31-19-18-25/h22H,3-21,25H2,1-2H3,(H,28,29). The summed E-state index contributed by atoms with van der Waals surface area (Å²) >= 11 is 0. The van der Waals surface area contributed by atoms with E-state index in [1.165, 1.54) is 64.2 Å². The number of esters is 2. The third-order valence-corrected chi connectivity index (χ3v) is 6.28. The Morgan fingerprint density at radius 2 is 1.32 bits per heavy atom. The van der Waals surface area contributed by atoms with Gasteiger partial charge in [0.05, 0.1) is 13.2 Å². The third kappa shape index (κ3) is 21.5. The monoisotopic (exact) mass is 509 g/mol. The topological polar surface area (TPSA) is 134 Å². The number of carbonyl (C=O) groups excluding carboxylic acids is 2. The van der Waals surface area contributed by atoms with Gasteiger partial charge < -0.3 is 20.1 Å². The highest BCUT2D eigenvalue weighted by Crippen LogP contribution is 2.43. The second-order valence-corrected chi connectivity index (χ2v) is 9.98. The van der Waals surface area contributed by atoms with Crippen LogP contribution in [0.1, 0.15) is 110 Å². The number of ether oxygens (including phenoxy) is 2. The zero-order valence-electron chi connectivity index (χ0n) is 21.3. The van der Waals surface area contributed by atoms with Crippen LogP contribution in [0.5, 0.6) is 0 Å². The number of rotatable bonds is 24. The van der Waals surface area contributed by atoms with Crippen LogP contribution >= 0.6 is 7.82 Å². The molecule has 34 heavy (non-hydrogen) atoms. The van der Waals surface area contributed by atoms with Crippen molar-refractivity contribution >= 4 is 19.8 Å². The van der Waals surface area contributed by atoms with Crippen molar-refractivity contribution in [2.45, 2.75) is 116 Å². The fourth-order valence-corrected chi connectivity index (χ4v) is 4.08. The summed E-state index contributed by atoms with van der Waals surface area (Å²) in [5.41, 5.74) is 5.24. The number of phosphoric acid groups is 1. The fraction of sp³-hybridized carbons (Fsp3) is 0.917. The van der Waals surface area contributed by atoms with E-state index in [-0.39, 0.29) is 32.6 Å². The van der Waals surface area contributed by atoms with Gasteiger partial charge in [0.15, 0.2) is 6.10 Å². The maximum absolute atomic E-state index is 12.2. The maximum atomic E-state index is 12.2. The lowest BCUT2D eigenvalue weighted by Gasteiger charge is -2.19. The molecule has 10 heteroatoms. The molecule has 9 nitrogen and oxygen atoms in total.